The van der Waals surface area contributed by atoms with Gasteiger partial charge in [-0.3, -0.25) is 13.9 Å². The second kappa shape index (κ2) is 7.96. The summed E-state index contributed by atoms with van der Waals surface area (Å²) in [5.41, 5.74) is 0.0949. The maximum atomic E-state index is 14.0. The first-order valence-electron chi connectivity index (χ1n) is 7.42. The lowest BCUT2D eigenvalue weighted by Crippen LogP contribution is -2.27. The van der Waals surface area contributed by atoms with Gasteiger partial charge < -0.3 is 5.11 Å². The predicted molar refractivity (Wildman–Crippen MR) is 97.3 cm³/mol. The minimum absolute atomic E-state index is 0.114. The standard InChI is InChI=1S/C17H15BrFNO5S/c1-20(15-7-4-12(18)10-14(15)19)26(24,25)13-5-2-11(3-6-13)16(21)8-9-17(22)23/h2-7,10H,8-9H2,1H3,(H,22,23). The minimum Gasteiger partial charge on any atom is -0.481 e. The van der Waals surface area contributed by atoms with Crippen LogP contribution in [0.1, 0.15) is 23.2 Å². The van der Waals surface area contributed by atoms with Gasteiger partial charge in [0, 0.05) is 23.5 Å². The predicted octanol–water partition coefficient (Wildman–Crippen LogP) is 3.46. The molecule has 0 unspecified atom stereocenters. The van der Waals surface area contributed by atoms with Crippen LogP contribution in [0, 0.1) is 5.82 Å². The first kappa shape index (κ1) is 20.1. The number of ketones is 1. The SMILES string of the molecule is CN(c1ccc(Br)cc1F)S(=O)(=O)c1ccc(C(=O)CCC(=O)O)cc1. The van der Waals surface area contributed by atoms with Crippen molar-refractivity contribution in [2.24, 2.45) is 0 Å². The Kier molecular flexibility index (Phi) is 6.14. The van der Waals surface area contributed by atoms with E-state index in [1.54, 1.807) is 0 Å². The van der Waals surface area contributed by atoms with Crippen LogP contribution in [0.4, 0.5) is 10.1 Å². The highest BCUT2D eigenvalue weighted by Crippen LogP contribution is 2.27. The molecule has 0 radical (unpaired) electrons. The van der Waals surface area contributed by atoms with Gasteiger partial charge in [-0.15, -0.1) is 0 Å². The van der Waals surface area contributed by atoms with E-state index in [0.717, 1.165) is 10.4 Å². The summed E-state index contributed by atoms with van der Waals surface area (Å²) >= 11 is 3.11. The smallest absolute Gasteiger partial charge is 0.303 e. The van der Waals surface area contributed by atoms with E-state index in [1.807, 2.05) is 0 Å². The molecule has 1 N–H and O–H groups in total. The third-order valence-corrected chi connectivity index (χ3v) is 5.93. The Labute approximate surface area is 158 Å². The molecule has 0 aromatic heterocycles. The number of hydrogen-bond acceptors (Lipinski definition) is 4. The van der Waals surface area contributed by atoms with Crippen LogP contribution in [0.3, 0.4) is 0 Å². The zero-order valence-corrected chi connectivity index (χ0v) is 16.0. The molecule has 9 heteroatoms. The van der Waals surface area contributed by atoms with Crippen LogP contribution in [-0.4, -0.2) is 32.3 Å². The summed E-state index contributed by atoms with van der Waals surface area (Å²) < 4.78 is 40.6. The summed E-state index contributed by atoms with van der Waals surface area (Å²) in [4.78, 5) is 22.3. The molecule has 2 rings (SSSR count). The summed E-state index contributed by atoms with van der Waals surface area (Å²) in [6.07, 6.45) is -0.476. The van der Waals surface area contributed by atoms with Gasteiger partial charge in [0.2, 0.25) is 0 Å². The molecule has 0 aliphatic rings. The van der Waals surface area contributed by atoms with Gasteiger partial charge in [0.1, 0.15) is 5.82 Å². The van der Waals surface area contributed by atoms with Crippen LogP contribution in [-0.2, 0) is 14.8 Å². The normalized spacial score (nSPS) is 11.2. The molecule has 26 heavy (non-hydrogen) atoms. The quantitative estimate of drug-likeness (QED) is 0.661. The summed E-state index contributed by atoms with van der Waals surface area (Å²) in [6.45, 7) is 0. The summed E-state index contributed by atoms with van der Waals surface area (Å²) in [6, 6.07) is 9.10. The molecule has 2 aromatic carbocycles. The Morgan fingerprint density at radius 3 is 2.27 bits per heavy atom. The first-order valence-corrected chi connectivity index (χ1v) is 9.65. The molecule has 0 heterocycles. The fourth-order valence-corrected chi connectivity index (χ4v) is 3.74. The molecule has 0 saturated carbocycles. The molecule has 0 saturated heterocycles. The number of anilines is 1. The lowest BCUT2D eigenvalue weighted by Gasteiger charge is -2.20. The van der Waals surface area contributed by atoms with Crippen molar-refractivity contribution in [3.05, 3.63) is 58.3 Å². The third-order valence-electron chi connectivity index (χ3n) is 3.65. The number of carboxylic acids is 1. The molecular formula is C17H15BrFNO5S. The molecule has 6 nitrogen and oxygen atoms in total. The molecule has 0 spiro atoms. The molecule has 2 aromatic rings. The number of carboxylic acid groups (broad SMARTS) is 1. The fraction of sp³-hybridized carbons (Fsp3) is 0.176. The number of Topliss-reactive ketones (excluding diaryl/α,β-unsaturated/α-hetero) is 1. The number of carbonyl (C=O) groups excluding carboxylic acids is 1. The lowest BCUT2D eigenvalue weighted by atomic mass is 10.1. The van der Waals surface area contributed by atoms with Gasteiger partial charge in [0.25, 0.3) is 10.0 Å². The van der Waals surface area contributed by atoms with E-state index in [1.165, 1.54) is 43.4 Å². The van der Waals surface area contributed by atoms with Gasteiger partial charge in [0.05, 0.1) is 17.0 Å². The molecule has 138 valence electrons. The van der Waals surface area contributed by atoms with E-state index in [0.29, 0.717) is 4.47 Å². The van der Waals surface area contributed by atoms with Crippen molar-refractivity contribution >= 4 is 43.4 Å². The van der Waals surface area contributed by atoms with Gasteiger partial charge in [-0.05, 0) is 30.3 Å². The van der Waals surface area contributed by atoms with Crippen LogP contribution < -0.4 is 4.31 Å². The average Bonchev–Trinajstić information content (AvgIpc) is 2.59. The second-order valence-corrected chi connectivity index (χ2v) is 8.29. The maximum Gasteiger partial charge on any atom is 0.303 e. The highest BCUT2D eigenvalue weighted by molar-refractivity contribution is 9.10. The number of aliphatic carboxylic acids is 1. The van der Waals surface area contributed by atoms with E-state index >= 15 is 0 Å². The van der Waals surface area contributed by atoms with Gasteiger partial charge in [-0.1, -0.05) is 28.1 Å². The van der Waals surface area contributed by atoms with E-state index in [4.69, 9.17) is 5.11 Å². The van der Waals surface area contributed by atoms with E-state index < -0.39 is 27.6 Å². The van der Waals surface area contributed by atoms with Crippen LogP contribution in [0.25, 0.3) is 0 Å². The Bertz CT molecular complexity index is 944. The molecule has 0 bridgehead atoms. The number of nitrogens with zero attached hydrogens (tertiary/aromatic N) is 1. The van der Waals surface area contributed by atoms with Crippen molar-refractivity contribution in [1.82, 2.24) is 0 Å². The Morgan fingerprint density at radius 2 is 1.73 bits per heavy atom. The monoisotopic (exact) mass is 443 g/mol. The van der Waals surface area contributed by atoms with Crippen LogP contribution >= 0.6 is 15.9 Å². The van der Waals surface area contributed by atoms with Crippen molar-refractivity contribution in [1.29, 1.82) is 0 Å². The molecule has 0 aliphatic carbocycles. The van der Waals surface area contributed by atoms with Crippen LogP contribution in [0.15, 0.2) is 51.8 Å². The lowest BCUT2D eigenvalue weighted by molar-refractivity contribution is -0.136. The Balaban J connectivity index is 2.26. The number of carbonyl (C=O) groups is 2. The number of halogens is 2. The summed E-state index contributed by atoms with van der Waals surface area (Å²) in [5.74, 6) is -2.19. The molecular weight excluding hydrogens is 429 g/mol. The average molecular weight is 444 g/mol. The number of benzene rings is 2. The highest BCUT2D eigenvalue weighted by atomic mass is 79.9. The Morgan fingerprint density at radius 1 is 1.12 bits per heavy atom. The van der Waals surface area contributed by atoms with Crippen molar-refractivity contribution in [3.8, 4) is 0 Å². The van der Waals surface area contributed by atoms with Gasteiger partial charge in [0.15, 0.2) is 5.78 Å². The Hall–Kier alpha value is -2.26. The number of sulfonamides is 1. The second-order valence-electron chi connectivity index (χ2n) is 5.41. The van der Waals surface area contributed by atoms with Crippen molar-refractivity contribution in [2.45, 2.75) is 17.7 Å². The topological polar surface area (TPSA) is 91.8 Å². The number of rotatable bonds is 7. The van der Waals surface area contributed by atoms with Gasteiger partial charge in [-0.25, -0.2) is 12.8 Å². The number of hydrogen-bond donors (Lipinski definition) is 1. The van der Waals surface area contributed by atoms with E-state index in [-0.39, 0.29) is 29.0 Å². The summed E-state index contributed by atoms with van der Waals surface area (Å²) in [7, 11) is -2.79. The van der Waals surface area contributed by atoms with Gasteiger partial charge >= 0.3 is 5.97 Å². The molecule has 0 aliphatic heterocycles. The molecule has 0 fully saturated rings. The van der Waals surface area contributed by atoms with Crippen LogP contribution in [0.5, 0.6) is 0 Å². The maximum absolute atomic E-state index is 14.0. The minimum atomic E-state index is -4.02. The van der Waals surface area contributed by atoms with Crippen molar-refractivity contribution < 1.29 is 27.5 Å². The molecule has 0 amide bonds. The fourth-order valence-electron chi connectivity index (χ4n) is 2.20. The van der Waals surface area contributed by atoms with E-state index in [9.17, 15) is 22.4 Å². The summed E-state index contributed by atoms with van der Waals surface area (Å²) in [5, 5.41) is 8.60. The highest BCUT2D eigenvalue weighted by Gasteiger charge is 2.24. The van der Waals surface area contributed by atoms with Gasteiger partial charge in [-0.2, -0.15) is 0 Å². The van der Waals surface area contributed by atoms with Crippen LogP contribution in [0.2, 0.25) is 0 Å². The van der Waals surface area contributed by atoms with Crippen molar-refractivity contribution in [2.75, 3.05) is 11.4 Å². The largest absolute Gasteiger partial charge is 0.481 e. The zero-order valence-electron chi connectivity index (χ0n) is 13.6. The zero-order chi connectivity index (χ0) is 19.5. The van der Waals surface area contributed by atoms with E-state index in [2.05, 4.69) is 15.9 Å². The first-order chi connectivity index (χ1) is 12.1. The third kappa shape index (κ3) is 4.47. The molecule has 0 atom stereocenters. The van der Waals surface area contributed by atoms with Crippen molar-refractivity contribution in [3.63, 3.8) is 0 Å².